The van der Waals surface area contributed by atoms with Crippen LogP contribution in [0.3, 0.4) is 0 Å². The van der Waals surface area contributed by atoms with Crippen molar-refractivity contribution in [2.75, 3.05) is 12.4 Å². The van der Waals surface area contributed by atoms with Gasteiger partial charge in [-0.3, -0.25) is 15.4 Å². The van der Waals surface area contributed by atoms with E-state index in [1.807, 2.05) is 35.6 Å². The van der Waals surface area contributed by atoms with Gasteiger partial charge in [-0.1, -0.05) is 65.1 Å². The summed E-state index contributed by atoms with van der Waals surface area (Å²) in [5.74, 6) is -1.75. The highest BCUT2D eigenvalue weighted by Crippen LogP contribution is 2.36. The first-order valence-corrected chi connectivity index (χ1v) is 8.64. The van der Waals surface area contributed by atoms with Crippen molar-refractivity contribution in [1.82, 2.24) is 5.32 Å². The molecule has 10 heteroatoms. The SMILES string of the molecule is COC(=O)c1cc(-c2ccccc2)sc1NC(=O)NC(=O)C(Cl)(Cl)Cl. The van der Waals surface area contributed by atoms with Gasteiger partial charge in [0.2, 0.25) is 0 Å². The van der Waals surface area contributed by atoms with E-state index in [0.29, 0.717) is 0 Å². The average molecular weight is 422 g/mol. The molecule has 25 heavy (non-hydrogen) atoms. The van der Waals surface area contributed by atoms with Crippen LogP contribution in [0.25, 0.3) is 10.4 Å². The lowest BCUT2D eigenvalue weighted by molar-refractivity contribution is -0.119. The molecular weight excluding hydrogens is 411 g/mol. The van der Waals surface area contributed by atoms with E-state index in [1.165, 1.54) is 7.11 Å². The Kier molecular flexibility index (Phi) is 6.29. The van der Waals surface area contributed by atoms with Crippen molar-refractivity contribution in [3.05, 3.63) is 42.0 Å². The van der Waals surface area contributed by atoms with Crippen molar-refractivity contribution in [3.63, 3.8) is 0 Å². The zero-order valence-electron chi connectivity index (χ0n) is 12.6. The number of methoxy groups -OCH3 is 1. The van der Waals surface area contributed by atoms with Gasteiger partial charge in [0, 0.05) is 4.88 Å². The van der Waals surface area contributed by atoms with Crippen LogP contribution in [-0.2, 0) is 9.53 Å². The number of amides is 3. The predicted octanol–water partition coefficient (Wildman–Crippen LogP) is 4.22. The molecule has 0 saturated carbocycles. The summed E-state index contributed by atoms with van der Waals surface area (Å²) in [6.45, 7) is 0. The Bertz CT molecular complexity index is 803. The smallest absolute Gasteiger partial charge is 0.340 e. The number of thiophene rings is 1. The van der Waals surface area contributed by atoms with E-state index in [9.17, 15) is 14.4 Å². The fourth-order valence-corrected chi connectivity index (χ4v) is 2.99. The number of ether oxygens (including phenoxy) is 1. The van der Waals surface area contributed by atoms with E-state index < -0.39 is 21.7 Å². The molecule has 0 unspecified atom stereocenters. The molecule has 0 aliphatic carbocycles. The largest absolute Gasteiger partial charge is 0.465 e. The van der Waals surface area contributed by atoms with Crippen LogP contribution in [-0.4, -0.2) is 28.8 Å². The molecule has 0 saturated heterocycles. The van der Waals surface area contributed by atoms with Gasteiger partial charge in [-0.15, -0.1) is 11.3 Å². The Labute approximate surface area is 162 Å². The molecule has 0 aliphatic heterocycles. The molecule has 1 aromatic carbocycles. The first-order chi connectivity index (χ1) is 11.7. The lowest BCUT2D eigenvalue weighted by atomic mass is 10.1. The zero-order valence-corrected chi connectivity index (χ0v) is 15.7. The maximum atomic E-state index is 11.9. The summed E-state index contributed by atoms with van der Waals surface area (Å²) >= 11 is 17.3. The minimum atomic E-state index is -2.28. The van der Waals surface area contributed by atoms with Crippen LogP contribution in [0.4, 0.5) is 9.80 Å². The molecule has 1 heterocycles. The highest BCUT2D eigenvalue weighted by molar-refractivity contribution is 7.20. The van der Waals surface area contributed by atoms with Gasteiger partial charge in [0.05, 0.1) is 12.7 Å². The van der Waals surface area contributed by atoms with Gasteiger partial charge in [-0.2, -0.15) is 0 Å². The normalized spacial score (nSPS) is 10.9. The minimum Gasteiger partial charge on any atom is -0.465 e. The van der Waals surface area contributed by atoms with Gasteiger partial charge in [-0.05, 0) is 11.6 Å². The Hall–Kier alpha value is -1.80. The van der Waals surface area contributed by atoms with Crippen molar-refractivity contribution in [3.8, 4) is 10.4 Å². The van der Waals surface area contributed by atoms with Gasteiger partial charge in [0.15, 0.2) is 0 Å². The van der Waals surface area contributed by atoms with Crippen LogP contribution >= 0.6 is 46.1 Å². The van der Waals surface area contributed by atoms with E-state index in [4.69, 9.17) is 39.5 Å². The van der Waals surface area contributed by atoms with E-state index >= 15 is 0 Å². The van der Waals surface area contributed by atoms with Crippen molar-refractivity contribution in [2.24, 2.45) is 0 Å². The molecule has 6 nitrogen and oxygen atoms in total. The van der Waals surface area contributed by atoms with Gasteiger partial charge < -0.3 is 4.74 Å². The van der Waals surface area contributed by atoms with Crippen molar-refractivity contribution < 1.29 is 19.1 Å². The molecule has 2 aromatic rings. The number of halogens is 3. The van der Waals surface area contributed by atoms with Crippen molar-refractivity contribution in [1.29, 1.82) is 0 Å². The average Bonchev–Trinajstić information content (AvgIpc) is 2.97. The minimum absolute atomic E-state index is 0.142. The summed E-state index contributed by atoms with van der Waals surface area (Å²) in [7, 11) is 1.22. The summed E-state index contributed by atoms with van der Waals surface area (Å²) in [5.41, 5.74) is 0.992. The van der Waals surface area contributed by atoms with E-state index in [1.54, 1.807) is 6.07 Å². The lowest BCUT2D eigenvalue weighted by Crippen LogP contribution is -2.41. The van der Waals surface area contributed by atoms with Crippen LogP contribution in [0.1, 0.15) is 10.4 Å². The molecule has 132 valence electrons. The number of alkyl halides is 3. The van der Waals surface area contributed by atoms with Crippen molar-refractivity contribution >= 4 is 69.0 Å². The number of nitrogens with one attached hydrogen (secondary N) is 2. The Balaban J connectivity index is 2.27. The summed E-state index contributed by atoms with van der Waals surface area (Å²) in [4.78, 5) is 36.1. The lowest BCUT2D eigenvalue weighted by Gasteiger charge is -2.11. The highest BCUT2D eigenvalue weighted by atomic mass is 35.6. The number of rotatable bonds is 3. The Morgan fingerprint density at radius 1 is 1.12 bits per heavy atom. The van der Waals surface area contributed by atoms with Gasteiger partial charge >= 0.3 is 12.0 Å². The number of carbonyl (C=O) groups is 3. The topological polar surface area (TPSA) is 84.5 Å². The quantitative estimate of drug-likeness (QED) is 0.574. The number of urea groups is 1. The molecule has 1 aromatic heterocycles. The predicted molar refractivity (Wildman–Crippen MR) is 98.5 cm³/mol. The molecule has 2 rings (SSSR count). The molecule has 2 N–H and O–H groups in total. The van der Waals surface area contributed by atoms with Crippen molar-refractivity contribution in [2.45, 2.75) is 3.79 Å². The molecule has 3 amide bonds. The molecule has 0 aliphatic rings. The monoisotopic (exact) mass is 420 g/mol. The first-order valence-electron chi connectivity index (χ1n) is 6.69. The summed E-state index contributed by atoms with van der Waals surface area (Å²) < 4.78 is 2.42. The van der Waals surface area contributed by atoms with Crippen LogP contribution < -0.4 is 10.6 Å². The maximum Gasteiger partial charge on any atom is 0.340 e. The maximum absolute atomic E-state index is 11.9. The first kappa shape index (κ1) is 19.5. The van der Waals surface area contributed by atoms with Crippen LogP contribution in [0, 0.1) is 0 Å². The van der Waals surface area contributed by atoms with Gasteiger partial charge in [-0.25, -0.2) is 9.59 Å². The van der Waals surface area contributed by atoms with Crippen LogP contribution in [0.2, 0.25) is 0 Å². The summed E-state index contributed by atoms with van der Waals surface area (Å²) in [6.07, 6.45) is 0. The number of hydrogen-bond donors (Lipinski definition) is 2. The molecule has 0 radical (unpaired) electrons. The number of hydrogen-bond acceptors (Lipinski definition) is 5. The second-order valence-corrected chi connectivity index (χ2v) is 7.95. The molecule has 0 spiro atoms. The molecular formula is C15H11Cl3N2O4S. The molecule has 0 bridgehead atoms. The third kappa shape index (κ3) is 5.09. The Morgan fingerprint density at radius 2 is 1.76 bits per heavy atom. The van der Waals surface area contributed by atoms with Gasteiger partial charge in [0.1, 0.15) is 5.00 Å². The summed E-state index contributed by atoms with van der Waals surface area (Å²) in [6, 6.07) is 9.87. The van der Waals surface area contributed by atoms with E-state index in [-0.39, 0.29) is 10.6 Å². The van der Waals surface area contributed by atoms with E-state index in [2.05, 4.69) is 5.32 Å². The van der Waals surface area contributed by atoms with Crippen LogP contribution in [0.15, 0.2) is 36.4 Å². The van der Waals surface area contributed by atoms with Gasteiger partial charge in [0.25, 0.3) is 9.70 Å². The number of esters is 1. The second-order valence-electron chi connectivity index (χ2n) is 4.62. The number of carbonyl (C=O) groups excluding carboxylic acids is 3. The number of benzene rings is 1. The fourth-order valence-electron chi connectivity index (χ4n) is 1.80. The summed E-state index contributed by atoms with van der Waals surface area (Å²) in [5, 5.41) is 4.46. The third-order valence-corrected chi connectivity index (χ3v) is 4.52. The zero-order chi connectivity index (χ0) is 18.6. The molecule has 0 fully saturated rings. The molecule has 0 atom stereocenters. The fraction of sp³-hybridized carbons (Fsp3) is 0.133. The van der Waals surface area contributed by atoms with Crippen LogP contribution in [0.5, 0.6) is 0 Å². The highest BCUT2D eigenvalue weighted by Gasteiger charge is 2.32. The standard InChI is InChI=1S/C15H11Cl3N2O4S/c1-24-12(21)9-7-10(8-5-3-2-4-6-8)25-11(9)19-14(23)20-13(22)15(16,17)18/h2-7H,1H3,(H2,19,20,22,23). The Morgan fingerprint density at radius 3 is 2.32 bits per heavy atom. The van der Waals surface area contributed by atoms with E-state index in [0.717, 1.165) is 21.8 Å². The second kappa shape index (κ2) is 8.05. The third-order valence-electron chi connectivity index (χ3n) is 2.91. The number of imide groups is 1. The number of anilines is 1.